The highest BCUT2D eigenvalue weighted by Crippen LogP contribution is 2.35. The second-order valence-corrected chi connectivity index (χ2v) is 5.72. The minimum Gasteiger partial charge on any atom is -0.207 e. The molecule has 1 aromatic rings. The monoisotopic (exact) mass is 284 g/mol. The van der Waals surface area contributed by atoms with E-state index >= 15 is 0 Å². The molecule has 0 aromatic heterocycles. The topological polar surface area (TPSA) is 0 Å². The summed E-state index contributed by atoms with van der Waals surface area (Å²) in [5.74, 6) is -0.836. The lowest BCUT2D eigenvalue weighted by atomic mass is 9.77. The molecule has 0 bridgehead atoms. The summed E-state index contributed by atoms with van der Waals surface area (Å²) in [6.45, 7) is 12.0. The lowest BCUT2D eigenvalue weighted by molar-refractivity contribution is 0.390. The van der Waals surface area contributed by atoms with Crippen molar-refractivity contribution in [2.75, 3.05) is 0 Å². The van der Waals surface area contributed by atoms with Crippen LogP contribution in [0.15, 0.2) is 12.1 Å². The smallest absolute Gasteiger partial charge is 0.130 e. The lowest BCUT2D eigenvalue weighted by Crippen LogP contribution is -2.23. The summed E-state index contributed by atoms with van der Waals surface area (Å²) in [6.07, 6.45) is 5.55. The van der Waals surface area contributed by atoms with Gasteiger partial charge >= 0.3 is 0 Å². The summed E-state index contributed by atoms with van der Waals surface area (Å²) >= 11 is 0. The average molecular weight is 284 g/mol. The predicted molar refractivity (Wildman–Crippen MR) is 84.2 cm³/mol. The molecule has 1 aromatic carbocycles. The van der Waals surface area contributed by atoms with Crippen LogP contribution in [-0.4, -0.2) is 0 Å². The maximum absolute atomic E-state index is 13.7. The first-order valence-corrected chi connectivity index (χ1v) is 7.82. The van der Waals surface area contributed by atoms with Crippen LogP contribution in [0.1, 0.15) is 77.8 Å². The van der Waals surface area contributed by atoms with E-state index in [9.17, 15) is 8.78 Å². The van der Waals surface area contributed by atoms with Gasteiger partial charge in [0.15, 0.2) is 0 Å². The fraction of sp³-hybridized carbons (Fsp3) is 0.667. The van der Waals surface area contributed by atoms with E-state index in [1.165, 1.54) is 31.4 Å². The van der Waals surface area contributed by atoms with E-state index in [0.717, 1.165) is 12.8 Å². The Labute approximate surface area is 123 Å². The Hall–Kier alpha value is -0.920. The standard InChI is InChI=1S/C13H18F2.C5H12/c1-5-13(4,6-2)12-10(14)7-9(3)8-11(12)15;1-3-5-4-2/h7-8H,5-6H2,1-4H3;3-5H2,1-2H3. The zero-order valence-electron chi connectivity index (χ0n) is 13.9. The van der Waals surface area contributed by atoms with Crippen LogP contribution in [0.25, 0.3) is 0 Å². The molecule has 0 atom stereocenters. The minimum absolute atomic E-state index is 0.234. The molecular formula is C18H30F2. The highest BCUT2D eigenvalue weighted by Gasteiger charge is 2.29. The number of unbranched alkanes of at least 4 members (excludes halogenated alkanes) is 2. The second kappa shape index (κ2) is 9.10. The van der Waals surface area contributed by atoms with Gasteiger partial charge in [-0.1, -0.05) is 53.9 Å². The maximum atomic E-state index is 13.7. The Morgan fingerprint density at radius 2 is 1.30 bits per heavy atom. The average Bonchev–Trinajstić information content (AvgIpc) is 2.39. The van der Waals surface area contributed by atoms with Crippen LogP contribution in [-0.2, 0) is 5.41 Å². The molecule has 0 fully saturated rings. The van der Waals surface area contributed by atoms with Crippen molar-refractivity contribution in [2.45, 2.75) is 79.1 Å². The van der Waals surface area contributed by atoms with Crippen molar-refractivity contribution in [3.05, 3.63) is 34.9 Å². The largest absolute Gasteiger partial charge is 0.207 e. The number of hydrogen-bond donors (Lipinski definition) is 0. The number of halogens is 2. The Morgan fingerprint density at radius 3 is 1.55 bits per heavy atom. The molecule has 0 aliphatic heterocycles. The number of rotatable bonds is 5. The van der Waals surface area contributed by atoms with Crippen molar-refractivity contribution in [3.63, 3.8) is 0 Å². The third kappa shape index (κ3) is 5.22. The third-order valence-corrected chi connectivity index (χ3v) is 4.06. The van der Waals surface area contributed by atoms with Gasteiger partial charge in [-0.3, -0.25) is 0 Å². The first-order valence-electron chi connectivity index (χ1n) is 7.82. The van der Waals surface area contributed by atoms with Gasteiger partial charge in [0.25, 0.3) is 0 Å². The summed E-state index contributed by atoms with van der Waals surface area (Å²) < 4.78 is 27.5. The first kappa shape index (κ1) is 19.1. The molecule has 1 rings (SSSR count). The lowest BCUT2D eigenvalue weighted by Gasteiger charge is -2.28. The summed E-state index contributed by atoms with van der Waals surface area (Å²) in [5, 5.41) is 0. The van der Waals surface area contributed by atoms with Gasteiger partial charge in [0.05, 0.1) is 0 Å². The Morgan fingerprint density at radius 1 is 0.900 bits per heavy atom. The van der Waals surface area contributed by atoms with E-state index in [1.807, 2.05) is 20.8 Å². The fourth-order valence-corrected chi connectivity index (χ4v) is 2.23. The summed E-state index contributed by atoms with van der Waals surface area (Å²) in [5.41, 5.74) is 0.461. The van der Waals surface area contributed by atoms with E-state index in [4.69, 9.17) is 0 Å². The maximum Gasteiger partial charge on any atom is 0.130 e. The molecule has 0 radical (unpaired) electrons. The van der Waals surface area contributed by atoms with E-state index in [2.05, 4.69) is 13.8 Å². The fourth-order valence-electron chi connectivity index (χ4n) is 2.23. The normalized spacial score (nSPS) is 11.0. The molecule has 0 spiro atoms. The summed E-state index contributed by atoms with van der Waals surface area (Å²) in [7, 11) is 0. The molecule has 0 aliphatic carbocycles. The molecule has 0 N–H and O–H groups in total. The van der Waals surface area contributed by atoms with Crippen LogP contribution in [0.5, 0.6) is 0 Å². The molecule has 0 amide bonds. The van der Waals surface area contributed by atoms with Gasteiger partial charge in [-0.15, -0.1) is 0 Å². The van der Waals surface area contributed by atoms with Crippen molar-refractivity contribution in [3.8, 4) is 0 Å². The highest BCUT2D eigenvalue weighted by atomic mass is 19.1. The molecule has 0 saturated carbocycles. The Balaban J connectivity index is 0.000000621. The third-order valence-electron chi connectivity index (χ3n) is 4.06. The molecule has 0 heterocycles. The zero-order valence-corrected chi connectivity index (χ0v) is 13.9. The highest BCUT2D eigenvalue weighted by molar-refractivity contribution is 5.31. The van der Waals surface area contributed by atoms with Crippen LogP contribution < -0.4 is 0 Å². The van der Waals surface area contributed by atoms with Crippen molar-refractivity contribution in [1.82, 2.24) is 0 Å². The summed E-state index contributed by atoms with van der Waals surface area (Å²) in [6, 6.07) is 2.81. The Bertz CT molecular complexity index is 367. The van der Waals surface area contributed by atoms with Gasteiger partial charge in [0.1, 0.15) is 11.6 Å². The van der Waals surface area contributed by atoms with Gasteiger partial charge in [-0.25, -0.2) is 8.78 Å². The summed E-state index contributed by atoms with van der Waals surface area (Å²) in [4.78, 5) is 0. The van der Waals surface area contributed by atoms with Gasteiger partial charge < -0.3 is 0 Å². The van der Waals surface area contributed by atoms with Gasteiger partial charge in [0, 0.05) is 5.56 Å². The zero-order chi connectivity index (χ0) is 15.8. The van der Waals surface area contributed by atoms with E-state index in [0.29, 0.717) is 5.56 Å². The van der Waals surface area contributed by atoms with Crippen LogP contribution in [0.4, 0.5) is 8.78 Å². The molecule has 0 nitrogen and oxygen atoms in total. The van der Waals surface area contributed by atoms with Gasteiger partial charge in [-0.2, -0.15) is 0 Å². The van der Waals surface area contributed by atoms with Crippen LogP contribution >= 0.6 is 0 Å². The van der Waals surface area contributed by atoms with Crippen LogP contribution in [0.2, 0.25) is 0 Å². The molecular weight excluding hydrogens is 254 g/mol. The SMILES string of the molecule is CCC(C)(CC)c1c(F)cc(C)cc1F.CCCCC. The quantitative estimate of drug-likeness (QED) is 0.575. The first-order chi connectivity index (χ1) is 9.36. The minimum atomic E-state index is -0.418. The second-order valence-electron chi connectivity index (χ2n) is 5.72. The van der Waals surface area contributed by atoms with E-state index in [1.54, 1.807) is 6.92 Å². The molecule has 0 aliphatic rings. The Kier molecular flexibility index (Phi) is 8.68. The van der Waals surface area contributed by atoms with Crippen molar-refractivity contribution >= 4 is 0 Å². The molecule has 0 saturated heterocycles. The van der Waals surface area contributed by atoms with Crippen molar-refractivity contribution in [2.24, 2.45) is 0 Å². The predicted octanol–water partition coefficient (Wildman–Crippen LogP) is 6.55. The van der Waals surface area contributed by atoms with E-state index < -0.39 is 17.0 Å². The number of aryl methyl sites for hydroxylation is 1. The van der Waals surface area contributed by atoms with E-state index in [-0.39, 0.29) is 5.56 Å². The molecule has 2 heteroatoms. The van der Waals surface area contributed by atoms with Gasteiger partial charge in [0.2, 0.25) is 0 Å². The van der Waals surface area contributed by atoms with Gasteiger partial charge in [-0.05, 0) is 42.9 Å². The number of benzene rings is 1. The van der Waals surface area contributed by atoms with Crippen LogP contribution in [0.3, 0.4) is 0 Å². The molecule has 0 unspecified atom stereocenters. The van der Waals surface area contributed by atoms with Crippen LogP contribution in [0, 0.1) is 18.6 Å². The molecule has 116 valence electrons. The molecule has 20 heavy (non-hydrogen) atoms. The van der Waals surface area contributed by atoms with Crippen molar-refractivity contribution < 1.29 is 8.78 Å². The van der Waals surface area contributed by atoms with Crippen molar-refractivity contribution in [1.29, 1.82) is 0 Å². The number of hydrogen-bond acceptors (Lipinski definition) is 0.